The zero-order chi connectivity index (χ0) is 20.3. The van der Waals surface area contributed by atoms with E-state index in [1.54, 1.807) is 12.1 Å². The Morgan fingerprint density at radius 3 is 2.75 bits per heavy atom. The molecule has 0 unspecified atom stereocenters. The monoisotopic (exact) mass is 399 g/mol. The maximum absolute atomic E-state index is 12.4. The van der Waals surface area contributed by atoms with Gasteiger partial charge in [0.05, 0.1) is 11.6 Å². The van der Waals surface area contributed by atoms with Crippen LogP contribution in [0.25, 0.3) is 0 Å². The maximum Gasteiger partial charge on any atom is 0.328 e. The van der Waals surface area contributed by atoms with E-state index in [2.05, 4.69) is 10.3 Å². The number of aromatic nitrogens is 1. The molecule has 1 aromatic heterocycles. The summed E-state index contributed by atoms with van der Waals surface area (Å²) in [5, 5.41) is 10.6. The lowest BCUT2D eigenvalue weighted by Gasteiger charge is -2.26. The van der Waals surface area contributed by atoms with Crippen molar-refractivity contribution in [3.63, 3.8) is 0 Å². The highest BCUT2D eigenvalue weighted by atomic mass is 32.2. The minimum atomic E-state index is -4.30. The SMILES string of the molecule is N#Cc1ccnc(S(=O)(=O)NC(=O)c2cccc(N3CCC(=O)NC3=O)c2)c1. The molecule has 0 bridgehead atoms. The Bertz CT molecular complexity index is 1120. The van der Waals surface area contributed by atoms with Gasteiger partial charge >= 0.3 is 6.03 Å². The quantitative estimate of drug-likeness (QED) is 0.761. The number of hydrogen-bond acceptors (Lipinski definition) is 7. The molecule has 1 aromatic carbocycles. The first-order valence-electron chi connectivity index (χ1n) is 7.95. The Hall–Kier alpha value is -3.78. The summed E-state index contributed by atoms with van der Waals surface area (Å²) in [5.74, 6) is -1.33. The number of rotatable bonds is 4. The van der Waals surface area contributed by atoms with E-state index in [4.69, 9.17) is 5.26 Å². The normalized spacial score (nSPS) is 14.2. The van der Waals surface area contributed by atoms with Crippen molar-refractivity contribution in [1.29, 1.82) is 5.26 Å². The van der Waals surface area contributed by atoms with E-state index in [-0.39, 0.29) is 24.1 Å². The van der Waals surface area contributed by atoms with Gasteiger partial charge in [0.15, 0.2) is 5.03 Å². The zero-order valence-corrected chi connectivity index (χ0v) is 15.1. The third-order valence-electron chi connectivity index (χ3n) is 3.84. The number of sulfonamides is 1. The van der Waals surface area contributed by atoms with Crippen molar-refractivity contribution in [3.8, 4) is 6.07 Å². The summed E-state index contributed by atoms with van der Waals surface area (Å²) < 4.78 is 26.6. The second kappa shape index (κ2) is 7.45. The summed E-state index contributed by atoms with van der Waals surface area (Å²) in [5.41, 5.74) is 0.400. The van der Waals surface area contributed by atoms with Crippen LogP contribution in [0, 0.1) is 11.3 Å². The first kappa shape index (κ1) is 19.0. The van der Waals surface area contributed by atoms with Crippen molar-refractivity contribution in [1.82, 2.24) is 15.0 Å². The minimum Gasteiger partial charge on any atom is -0.294 e. The van der Waals surface area contributed by atoms with Crippen LogP contribution < -0.4 is 14.9 Å². The number of carbonyl (C=O) groups is 3. The van der Waals surface area contributed by atoms with Crippen molar-refractivity contribution in [2.45, 2.75) is 11.4 Å². The molecule has 1 aliphatic heterocycles. The van der Waals surface area contributed by atoms with E-state index >= 15 is 0 Å². The average molecular weight is 399 g/mol. The Labute approximate surface area is 159 Å². The molecule has 0 aliphatic carbocycles. The number of pyridine rings is 1. The fourth-order valence-corrected chi connectivity index (χ4v) is 3.43. The van der Waals surface area contributed by atoms with E-state index in [1.165, 1.54) is 29.2 Å². The largest absolute Gasteiger partial charge is 0.328 e. The highest BCUT2D eigenvalue weighted by Crippen LogP contribution is 2.19. The predicted molar refractivity (Wildman–Crippen MR) is 95.5 cm³/mol. The number of nitrogens with zero attached hydrogens (tertiary/aromatic N) is 3. The van der Waals surface area contributed by atoms with Gasteiger partial charge in [-0.1, -0.05) is 6.07 Å². The predicted octanol–water partition coefficient (Wildman–Crippen LogP) is 0.518. The third kappa shape index (κ3) is 3.97. The standard InChI is InChI=1S/C17H13N5O5S/c18-10-11-4-6-19-15(8-11)28(26,27)21-16(24)12-2-1-3-13(9-12)22-7-5-14(23)20-17(22)25/h1-4,6,8-9H,5,7H2,(H,21,24)(H,20,23,25). The number of benzene rings is 1. The Kier molecular flexibility index (Phi) is 5.06. The number of imide groups is 1. The third-order valence-corrected chi connectivity index (χ3v) is 5.07. The van der Waals surface area contributed by atoms with Crippen LogP contribution in [-0.4, -0.2) is 37.8 Å². The molecule has 142 valence electrons. The molecular formula is C17H13N5O5S. The summed E-state index contributed by atoms with van der Waals surface area (Å²) in [6.07, 6.45) is 1.26. The summed E-state index contributed by atoms with van der Waals surface area (Å²) in [7, 11) is -4.30. The van der Waals surface area contributed by atoms with Gasteiger partial charge in [-0.2, -0.15) is 13.7 Å². The minimum absolute atomic E-state index is 0.0118. The molecule has 0 saturated carbocycles. The molecule has 28 heavy (non-hydrogen) atoms. The zero-order valence-electron chi connectivity index (χ0n) is 14.2. The number of nitrogens with one attached hydrogen (secondary N) is 2. The summed E-state index contributed by atoms with van der Waals surface area (Å²) >= 11 is 0. The van der Waals surface area contributed by atoms with Crippen molar-refractivity contribution < 1.29 is 22.8 Å². The van der Waals surface area contributed by atoms with Gasteiger partial charge in [0, 0.05) is 30.4 Å². The molecule has 0 atom stereocenters. The van der Waals surface area contributed by atoms with Crippen LogP contribution in [0.2, 0.25) is 0 Å². The number of amides is 4. The highest BCUT2D eigenvalue weighted by molar-refractivity contribution is 7.90. The van der Waals surface area contributed by atoms with Crippen LogP contribution in [-0.2, 0) is 14.8 Å². The van der Waals surface area contributed by atoms with Gasteiger partial charge in [-0.3, -0.25) is 19.8 Å². The maximum atomic E-state index is 12.4. The van der Waals surface area contributed by atoms with Crippen LogP contribution in [0.4, 0.5) is 10.5 Å². The van der Waals surface area contributed by atoms with Crippen LogP contribution in [0.3, 0.4) is 0 Å². The number of carbonyl (C=O) groups excluding carboxylic acids is 3. The Morgan fingerprint density at radius 1 is 1.25 bits per heavy atom. The molecule has 4 amide bonds. The lowest BCUT2D eigenvalue weighted by atomic mass is 10.1. The molecule has 10 nitrogen and oxygen atoms in total. The molecule has 3 rings (SSSR count). The van der Waals surface area contributed by atoms with Crippen LogP contribution in [0.1, 0.15) is 22.3 Å². The smallest absolute Gasteiger partial charge is 0.294 e. The van der Waals surface area contributed by atoms with Crippen molar-refractivity contribution in [3.05, 3.63) is 53.7 Å². The van der Waals surface area contributed by atoms with Gasteiger partial charge in [0.25, 0.3) is 15.9 Å². The summed E-state index contributed by atoms with van der Waals surface area (Å²) in [6, 6.07) is 9.28. The lowest BCUT2D eigenvalue weighted by molar-refractivity contribution is -0.120. The molecular weight excluding hydrogens is 386 g/mol. The van der Waals surface area contributed by atoms with E-state index in [9.17, 15) is 22.8 Å². The molecule has 2 heterocycles. The van der Waals surface area contributed by atoms with Gasteiger partial charge in [-0.05, 0) is 30.3 Å². The molecule has 2 N–H and O–H groups in total. The van der Waals surface area contributed by atoms with E-state index < -0.39 is 32.9 Å². The van der Waals surface area contributed by atoms with Crippen LogP contribution >= 0.6 is 0 Å². The van der Waals surface area contributed by atoms with Crippen molar-refractivity contribution >= 4 is 33.6 Å². The van der Waals surface area contributed by atoms with Gasteiger partial charge in [0.2, 0.25) is 5.91 Å². The first-order valence-corrected chi connectivity index (χ1v) is 9.43. The van der Waals surface area contributed by atoms with E-state index in [0.29, 0.717) is 5.69 Å². The summed E-state index contributed by atoms with van der Waals surface area (Å²) in [6.45, 7) is 0.138. The molecule has 1 aliphatic rings. The lowest BCUT2D eigenvalue weighted by Crippen LogP contribution is -2.49. The van der Waals surface area contributed by atoms with Gasteiger partial charge < -0.3 is 0 Å². The molecule has 2 aromatic rings. The fourth-order valence-electron chi connectivity index (χ4n) is 2.48. The number of urea groups is 1. The number of hydrogen-bond donors (Lipinski definition) is 2. The molecule has 1 fully saturated rings. The van der Waals surface area contributed by atoms with E-state index in [1.807, 2.05) is 4.72 Å². The Morgan fingerprint density at radius 2 is 2.04 bits per heavy atom. The van der Waals surface area contributed by atoms with Gasteiger partial charge in [-0.25, -0.2) is 14.5 Å². The number of nitriles is 1. The highest BCUT2D eigenvalue weighted by Gasteiger charge is 2.25. The van der Waals surface area contributed by atoms with Gasteiger partial charge in [0.1, 0.15) is 0 Å². The number of anilines is 1. The second-order valence-electron chi connectivity index (χ2n) is 5.73. The molecule has 0 spiro atoms. The fraction of sp³-hybridized carbons (Fsp3) is 0.118. The molecule has 0 radical (unpaired) electrons. The van der Waals surface area contributed by atoms with Crippen LogP contribution in [0.5, 0.6) is 0 Å². The second-order valence-corrected chi connectivity index (χ2v) is 7.36. The molecule has 11 heteroatoms. The topological polar surface area (TPSA) is 149 Å². The van der Waals surface area contributed by atoms with Crippen molar-refractivity contribution in [2.75, 3.05) is 11.4 Å². The van der Waals surface area contributed by atoms with Crippen LogP contribution in [0.15, 0.2) is 47.6 Å². The van der Waals surface area contributed by atoms with Gasteiger partial charge in [-0.15, -0.1) is 0 Å². The first-order chi connectivity index (χ1) is 13.3. The average Bonchev–Trinajstić information content (AvgIpc) is 2.68. The van der Waals surface area contributed by atoms with E-state index in [0.717, 1.165) is 12.3 Å². The molecule has 1 saturated heterocycles. The van der Waals surface area contributed by atoms with Crippen molar-refractivity contribution in [2.24, 2.45) is 0 Å². The Balaban J connectivity index is 1.82. The summed E-state index contributed by atoms with van der Waals surface area (Å²) in [4.78, 5) is 40.5.